The van der Waals surface area contributed by atoms with Gasteiger partial charge in [-0.05, 0) is 56.9 Å². The Kier molecular flexibility index (Phi) is 6.42. The molecule has 4 N–H and O–H groups in total. The third-order valence-electron chi connectivity index (χ3n) is 6.01. The molecular formula is C22H26N6O3S3. The summed E-state index contributed by atoms with van der Waals surface area (Å²) >= 11 is 2.88. The fourth-order valence-electron chi connectivity index (χ4n) is 4.18. The number of benzene rings is 1. The Balaban J connectivity index is 1.30. The molecule has 0 saturated carbocycles. The highest BCUT2D eigenvalue weighted by atomic mass is 32.2. The van der Waals surface area contributed by atoms with E-state index < -0.39 is 15.3 Å². The molecule has 12 heteroatoms. The van der Waals surface area contributed by atoms with Crippen LogP contribution in [0.2, 0.25) is 0 Å². The smallest absolute Gasteiger partial charge is 0.305 e. The molecule has 0 radical (unpaired) electrons. The van der Waals surface area contributed by atoms with E-state index in [1.54, 1.807) is 31.5 Å². The van der Waals surface area contributed by atoms with Crippen LogP contribution in [0.5, 0.6) is 0 Å². The molecule has 1 unspecified atom stereocenters. The summed E-state index contributed by atoms with van der Waals surface area (Å²) < 4.78 is 27.4. The molecule has 0 spiro atoms. The summed E-state index contributed by atoms with van der Waals surface area (Å²) in [5, 5.41) is 7.55. The van der Waals surface area contributed by atoms with Crippen molar-refractivity contribution in [1.82, 2.24) is 25.0 Å². The van der Waals surface area contributed by atoms with Crippen molar-refractivity contribution < 1.29 is 8.42 Å². The average Bonchev–Trinajstić information content (AvgIpc) is 3.35. The predicted molar refractivity (Wildman–Crippen MR) is 139 cm³/mol. The van der Waals surface area contributed by atoms with Crippen LogP contribution < -0.4 is 20.2 Å². The van der Waals surface area contributed by atoms with E-state index in [1.165, 1.54) is 21.8 Å². The lowest BCUT2D eigenvalue weighted by molar-refractivity contribution is 0.464. The van der Waals surface area contributed by atoms with Crippen molar-refractivity contribution in [3.8, 4) is 0 Å². The highest BCUT2D eigenvalue weighted by Gasteiger charge is 2.25. The van der Waals surface area contributed by atoms with E-state index in [0.717, 1.165) is 51.2 Å². The summed E-state index contributed by atoms with van der Waals surface area (Å²) in [4.78, 5) is 25.7. The number of thiazole rings is 1. The van der Waals surface area contributed by atoms with Gasteiger partial charge in [0, 0.05) is 29.7 Å². The Morgan fingerprint density at radius 2 is 2.06 bits per heavy atom. The molecule has 9 nitrogen and oxygen atoms in total. The number of nitrogens with zero attached hydrogens (tertiary/aromatic N) is 2. The zero-order valence-corrected chi connectivity index (χ0v) is 21.3. The monoisotopic (exact) mass is 518 g/mol. The first-order valence-electron chi connectivity index (χ1n) is 11.2. The molecule has 4 aromatic rings. The van der Waals surface area contributed by atoms with Crippen LogP contribution in [-0.2, 0) is 22.9 Å². The molecule has 0 fully saturated rings. The van der Waals surface area contributed by atoms with E-state index in [0.29, 0.717) is 19.1 Å². The van der Waals surface area contributed by atoms with Gasteiger partial charge in [0.15, 0.2) is 0 Å². The first kappa shape index (κ1) is 23.4. The first-order chi connectivity index (χ1) is 16.3. The Labute approximate surface area is 205 Å². The fourth-order valence-corrected chi connectivity index (χ4v) is 6.94. The minimum absolute atomic E-state index is 0.0658. The number of hydrogen-bond donors (Lipinski definition) is 4. The van der Waals surface area contributed by atoms with Crippen LogP contribution in [0, 0.1) is 0 Å². The van der Waals surface area contributed by atoms with Gasteiger partial charge in [0.2, 0.25) is 10.0 Å². The minimum Gasteiger partial charge on any atom is -0.340 e. The van der Waals surface area contributed by atoms with E-state index in [4.69, 9.17) is 0 Å². The molecule has 0 amide bonds. The van der Waals surface area contributed by atoms with Gasteiger partial charge >= 0.3 is 4.87 Å². The van der Waals surface area contributed by atoms with Crippen LogP contribution in [0.25, 0.3) is 20.4 Å². The van der Waals surface area contributed by atoms with Crippen molar-refractivity contribution in [3.63, 3.8) is 0 Å². The van der Waals surface area contributed by atoms with Gasteiger partial charge in [-0.15, -0.1) is 11.3 Å². The van der Waals surface area contributed by atoms with Crippen molar-refractivity contribution in [1.29, 1.82) is 0 Å². The third-order valence-corrected chi connectivity index (χ3v) is 9.87. The molecule has 1 atom stereocenters. The third kappa shape index (κ3) is 4.73. The van der Waals surface area contributed by atoms with Gasteiger partial charge < -0.3 is 15.6 Å². The summed E-state index contributed by atoms with van der Waals surface area (Å²) in [6.45, 7) is 4.33. The summed E-state index contributed by atoms with van der Waals surface area (Å²) in [7, 11) is -3.24. The maximum atomic E-state index is 11.9. The van der Waals surface area contributed by atoms with Crippen molar-refractivity contribution in [2.45, 2.75) is 44.4 Å². The van der Waals surface area contributed by atoms with Crippen molar-refractivity contribution >= 4 is 64.6 Å². The number of hydrogen-bond acceptors (Lipinski definition) is 9. The molecule has 0 bridgehead atoms. The van der Waals surface area contributed by atoms with E-state index in [-0.39, 0.29) is 4.87 Å². The number of aryl methyl sites for hydroxylation is 1. The van der Waals surface area contributed by atoms with Crippen LogP contribution in [0.15, 0.2) is 29.3 Å². The highest BCUT2D eigenvalue weighted by molar-refractivity contribution is 7.90. The van der Waals surface area contributed by atoms with Crippen LogP contribution in [0.3, 0.4) is 0 Å². The number of fused-ring (bicyclic) bond motifs is 4. The normalized spacial score (nSPS) is 16.4. The molecule has 1 aliphatic rings. The van der Waals surface area contributed by atoms with Gasteiger partial charge in [-0.1, -0.05) is 11.3 Å². The lowest BCUT2D eigenvalue weighted by Crippen LogP contribution is -2.41. The minimum atomic E-state index is -3.24. The first-order valence-corrected chi connectivity index (χ1v) is 14.3. The van der Waals surface area contributed by atoms with E-state index >= 15 is 0 Å². The van der Waals surface area contributed by atoms with E-state index in [1.807, 2.05) is 18.2 Å². The molecule has 0 saturated heterocycles. The fraction of sp³-hybridized carbons (Fsp3) is 0.409. The number of H-pyrrole nitrogens is 1. The number of aromatic nitrogens is 3. The lowest BCUT2D eigenvalue weighted by Gasteiger charge is -2.24. The number of anilines is 2. The lowest BCUT2D eigenvalue weighted by atomic mass is 9.93. The zero-order chi connectivity index (χ0) is 23.9. The van der Waals surface area contributed by atoms with Gasteiger partial charge in [0.25, 0.3) is 0 Å². The molecular weight excluding hydrogens is 492 g/mol. The number of thiophene rings is 1. The van der Waals surface area contributed by atoms with Crippen LogP contribution in [-0.4, -0.2) is 47.8 Å². The van der Waals surface area contributed by atoms with Crippen molar-refractivity contribution in [2.24, 2.45) is 0 Å². The van der Waals surface area contributed by atoms with Gasteiger partial charge in [0.1, 0.15) is 17.0 Å². The van der Waals surface area contributed by atoms with Crippen LogP contribution in [0.1, 0.15) is 30.7 Å². The summed E-state index contributed by atoms with van der Waals surface area (Å²) in [5.41, 5.74) is 2.99. The maximum Gasteiger partial charge on any atom is 0.305 e. The second-order valence-corrected chi connectivity index (χ2v) is 13.1. The second-order valence-electron chi connectivity index (χ2n) is 8.64. The SMILES string of the molecule is CC(C)S(=O)(=O)NCCNC1CCc2c(sc3ncnc(Nc4ccc5[nH]c(=O)sc5c4)c23)C1. The van der Waals surface area contributed by atoms with E-state index in [9.17, 15) is 13.2 Å². The Morgan fingerprint density at radius 1 is 1.21 bits per heavy atom. The second kappa shape index (κ2) is 9.34. The topological polar surface area (TPSA) is 129 Å². The number of sulfonamides is 1. The largest absolute Gasteiger partial charge is 0.340 e. The average molecular weight is 519 g/mol. The maximum absolute atomic E-state index is 11.9. The predicted octanol–water partition coefficient (Wildman–Crippen LogP) is 3.11. The zero-order valence-electron chi connectivity index (χ0n) is 18.8. The van der Waals surface area contributed by atoms with Gasteiger partial charge in [-0.25, -0.2) is 23.1 Å². The van der Waals surface area contributed by atoms with Gasteiger partial charge in [0.05, 0.1) is 20.9 Å². The molecule has 5 rings (SSSR count). The summed E-state index contributed by atoms with van der Waals surface area (Å²) in [6, 6.07) is 6.09. The Bertz CT molecular complexity index is 1510. The number of aromatic amines is 1. The molecule has 1 aliphatic carbocycles. The quantitative estimate of drug-likeness (QED) is 0.264. The summed E-state index contributed by atoms with van der Waals surface area (Å²) in [5.74, 6) is 0.777. The molecule has 3 heterocycles. The van der Waals surface area contributed by atoms with Crippen molar-refractivity contribution in [2.75, 3.05) is 18.4 Å². The molecule has 1 aromatic carbocycles. The number of nitrogens with one attached hydrogen (secondary N) is 4. The highest BCUT2D eigenvalue weighted by Crippen LogP contribution is 2.39. The van der Waals surface area contributed by atoms with Gasteiger partial charge in [-0.3, -0.25) is 4.79 Å². The van der Waals surface area contributed by atoms with Gasteiger partial charge in [-0.2, -0.15) is 0 Å². The van der Waals surface area contributed by atoms with Crippen molar-refractivity contribution in [3.05, 3.63) is 44.6 Å². The summed E-state index contributed by atoms with van der Waals surface area (Å²) in [6.07, 6.45) is 4.34. The van der Waals surface area contributed by atoms with E-state index in [2.05, 4.69) is 30.3 Å². The molecule has 34 heavy (non-hydrogen) atoms. The van der Waals surface area contributed by atoms with Crippen LogP contribution >= 0.6 is 22.7 Å². The number of rotatable bonds is 8. The van der Waals surface area contributed by atoms with Crippen LogP contribution in [0.4, 0.5) is 11.5 Å². The Morgan fingerprint density at radius 3 is 2.88 bits per heavy atom. The molecule has 3 aromatic heterocycles. The standard InChI is InChI=1S/C22H26N6O3S3/c1-12(2)34(30,31)26-8-7-23-13-3-5-15-17(9-13)32-21-19(15)20(24-11-25-21)27-14-4-6-16-18(10-14)33-22(29)28-16/h4,6,10-13,23,26H,3,5,7-9H2,1-2H3,(H,28,29)(H,24,25,27). The molecule has 180 valence electrons. The Hall–Kier alpha value is -2.38. The molecule has 0 aliphatic heterocycles.